The van der Waals surface area contributed by atoms with Crippen molar-refractivity contribution in [3.05, 3.63) is 23.8 Å². The second-order valence-electron chi connectivity index (χ2n) is 7.94. The van der Waals surface area contributed by atoms with Gasteiger partial charge in [0, 0.05) is 26.2 Å². The van der Waals surface area contributed by atoms with E-state index in [-0.39, 0.29) is 18.5 Å². The first kappa shape index (κ1) is 22.8. The van der Waals surface area contributed by atoms with Crippen molar-refractivity contribution in [3.63, 3.8) is 0 Å². The highest BCUT2D eigenvalue weighted by molar-refractivity contribution is 5.72. The van der Waals surface area contributed by atoms with Gasteiger partial charge in [-0.25, -0.2) is 0 Å². The van der Waals surface area contributed by atoms with Crippen LogP contribution in [0.5, 0.6) is 11.5 Å². The van der Waals surface area contributed by atoms with Crippen LogP contribution in [0.4, 0.5) is 0 Å². The predicted octanol–water partition coefficient (Wildman–Crippen LogP) is 1.15. The van der Waals surface area contributed by atoms with E-state index < -0.39 is 6.10 Å². The molecule has 30 heavy (non-hydrogen) atoms. The number of hydrogen-bond donors (Lipinski definition) is 1. The summed E-state index contributed by atoms with van der Waals surface area (Å²) in [5.41, 5.74) is 1.13. The van der Waals surface area contributed by atoms with Crippen LogP contribution in [0.15, 0.2) is 18.2 Å². The fourth-order valence-corrected chi connectivity index (χ4v) is 4.00. The topological polar surface area (TPSA) is 80.7 Å². The number of benzene rings is 1. The number of rotatable bonds is 9. The minimum atomic E-state index is -0.566. The lowest BCUT2D eigenvalue weighted by Crippen LogP contribution is -2.42. The van der Waals surface area contributed by atoms with E-state index in [1.807, 2.05) is 18.2 Å². The van der Waals surface area contributed by atoms with Gasteiger partial charge in [0.05, 0.1) is 33.4 Å². The first-order valence-corrected chi connectivity index (χ1v) is 10.7. The third-order valence-electron chi connectivity index (χ3n) is 5.76. The summed E-state index contributed by atoms with van der Waals surface area (Å²) in [7, 11) is 3.07. The molecule has 3 rings (SSSR count). The molecule has 2 fully saturated rings. The third kappa shape index (κ3) is 6.57. The smallest absolute Gasteiger partial charge is 0.308 e. The summed E-state index contributed by atoms with van der Waals surface area (Å²) >= 11 is 0. The second kappa shape index (κ2) is 11.5. The number of esters is 1. The highest BCUT2D eigenvalue weighted by Gasteiger charge is 2.25. The van der Waals surface area contributed by atoms with Crippen LogP contribution in [0.25, 0.3) is 0 Å². The molecule has 0 spiro atoms. The average Bonchev–Trinajstić information content (AvgIpc) is 2.78. The lowest BCUT2D eigenvalue weighted by molar-refractivity contribution is -0.147. The quantitative estimate of drug-likeness (QED) is 0.594. The second-order valence-corrected chi connectivity index (χ2v) is 7.94. The Bertz CT molecular complexity index is 672. The molecule has 2 saturated heterocycles. The van der Waals surface area contributed by atoms with Gasteiger partial charge in [0.15, 0.2) is 11.5 Å². The number of nitrogens with zero attached hydrogens (tertiary/aromatic N) is 2. The molecule has 2 heterocycles. The molecule has 1 atom stereocenters. The van der Waals surface area contributed by atoms with Crippen LogP contribution in [0.2, 0.25) is 0 Å². The molecule has 0 unspecified atom stereocenters. The maximum atomic E-state index is 11.7. The average molecular weight is 423 g/mol. The number of aliphatic hydroxyl groups excluding tert-OH is 1. The van der Waals surface area contributed by atoms with Gasteiger partial charge in [-0.15, -0.1) is 0 Å². The molecule has 1 aromatic rings. The van der Waals surface area contributed by atoms with Crippen molar-refractivity contribution >= 4 is 5.97 Å². The van der Waals surface area contributed by atoms with Gasteiger partial charge in [-0.3, -0.25) is 14.6 Å². The highest BCUT2D eigenvalue weighted by Crippen LogP contribution is 2.29. The molecule has 1 N–H and O–H groups in total. The lowest BCUT2D eigenvalue weighted by Gasteiger charge is -2.30. The number of hydrogen-bond acceptors (Lipinski definition) is 8. The van der Waals surface area contributed by atoms with E-state index in [0.29, 0.717) is 31.3 Å². The van der Waals surface area contributed by atoms with E-state index in [2.05, 4.69) is 9.80 Å². The van der Waals surface area contributed by atoms with Gasteiger partial charge in [0.25, 0.3) is 0 Å². The number of carbonyl (C=O) groups excluding carboxylic acids is 1. The minimum absolute atomic E-state index is 0.0143. The van der Waals surface area contributed by atoms with E-state index in [1.54, 1.807) is 7.11 Å². The molecule has 1 aromatic carbocycles. The van der Waals surface area contributed by atoms with E-state index in [4.69, 9.17) is 18.9 Å². The monoisotopic (exact) mass is 422 g/mol. The van der Waals surface area contributed by atoms with Crippen molar-refractivity contribution in [3.8, 4) is 11.5 Å². The molecule has 0 radical (unpaired) electrons. The highest BCUT2D eigenvalue weighted by atomic mass is 16.5. The molecule has 2 aliphatic rings. The van der Waals surface area contributed by atoms with Crippen molar-refractivity contribution in [2.24, 2.45) is 5.92 Å². The Kier molecular flexibility index (Phi) is 8.74. The molecule has 0 bridgehead atoms. The molecule has 0 aromatic heterocycles. The Balaban J connectivity index is 1.48. The number of methoxy groups -OCH3 is 2. The molecule has 8 heteroatoms. The Morgan fingerprint density at radius 1 is 1.13 bits per heavy atom. The van der Waals surface area contributed by atoms with E-state index >= 15 is 0 Å². The molecule has 0 amide bonds. The van der Waals surface area contributed by atoms with Crippen LogP contribution in [0, 0.1) is 5.92 Å². The van der Waals surface area contributed by atoms with Gasteiger partial charge in [-0.05, 0) is 43.6 Å². The number of carbonyl (C=O) groups is 1. The van der Waals surface area contributed by atoms with Crippen LogP contribution in [0.1, 0.15) is 18.4 Å². The summed E-state index contributed by atoms with van der Waals surface area (Å²) in [5, 5.41) is 10.3. The normalized spacial score (nSPS) is 20.0. The van der Waals surface area contributed by atoms with Crippen LogP contribution in [0.3, 0.4) is 0 Å². The van der Waals surface area contributed by atoms with Crippen LogP contribution in [-0.2, 0) is 20.8 Å². The van der Waals surface area contributed by atoms with Crippen molar-refractivity contribution in [2.45, 2.75) is 25.5 Å². The summed E-state index contributed by atoms with van der Waals surface area (Å²) in [6.45, 7) is 6.43. The van der Waals surface area contributed by atoms with Crippen molar-refractivity contribution < 1.29 is 28.8 Å². The Morgan fingerprint density at radius 3 is 2.53 bits per heavy atom. The number of piperidine rings is 1. The van der Waals surface area contributed by atoms with Gasteiger partial charge in [0.2, 0.25) is 0 Å². The largest absolute Gasteiger partial charge is 0.493 e. The van der Waals surface area contributed by atoms with E-state index in [1.165, 1.54) is 7.11 Å². The molecular formula is C22H34N2O6. The van der Waals surface area contributed by atoms with Crippen molar-refractivity contribution in [1.29, 1.82) is 0 Å². The summed E-state index contributed by atoms with van der Waals surface area (Å²) in [4.78, 5) is 16.2. The zero-order valence-corrected chi connectivity index (χ0v) is 18.0. The molecular weight excluding hydrogens is 388 g/mol. The predicted molar refractivity (Wildman–Crippen MR) is 112 cm³/mol. The summed E-state index contributed by atoms with van der Waals surface area (Å²) in [6.07, 6.45) is 1.08. The standard InChI is InChI=1S/C22H34N2O6/c1-27-21-13-17(14-23-7-5-18(6-8-23)22(26)28-2)3-4-20(21)30-16-19(25)15-24-9-11-29-12-10-24/h3-4,13,18-19,25H,5-12,14-16H2,1-2H3/t19-/m1/s1. The van der Waals surface area contributed by atoms with Crippen LogP contribution in [-0.4, -0.2) is 93.7 Å². The maximum Gasteiger partial charge on any atom is 0.308 e. The summed E-state index contributed by atoms with van der Waals surface area (Å²) in [6, 6.07) is 5.91. The Hall–Kier alpha value is -1.87. The summed E-state index contributed by atoms with van der Waals surface area (Å²) < 4.78 is 21.5. The van der Waals surface area contributed by atoms with Gasteiger partial charge < -0.3 is 24.1 Å². The first-order chi connectivity index (χ1) is 14.6. The van der Waals surface area contributed by atoms with Crippen molar-refractivity contribution in [2.75, 3.05) is 66.8 Å². The van der Waals surface area contributed by atoms with Crippen LogP contribution >= 0.6 is 0 Å². The number of likely N-dealkylation sites (tertiary alicyclic amines) is 1. The van der Waals surface area contributed by atoms with Gasteiger partial charge in [-0.1, -0.05) is 6.07 Å². The zero-order valence-electron chi connectivity index (χ0n) is 18.0. The fraction of sp³-hybridized carbons (Fsp3) is 0.682. The lowest BCUT2D eigenvalue weighted by atomic mass is 9.96. The van der Waals surface area contributed by atoms with Crippen molar-refractivity contribution in [1.82, 2.24) is 9.80 Å². The fourth-order valence-electron chi connectivity index (χ4n) is 4.00. The van der Waals surface area contributed by atoms with E-state index in [9.17, 15) is 9.90 Å². The number of morpholine rings is 1. The zero-order chi connectivity index (χ0) is 21.3. The Labute approximate surface area is 178 Å². The van der Waals surface area contributed by atoms with Gasteiger partial charge >= 0.3 is 5.97 Å². The third-order valence-corrected chi connectivity index (χ3v) is 5.76. The van der Waals surface area contributed by atoms with Gasteiger partial charge in [-0.2, -0.15) is 0 Å². The Morgan fingerprint density at radius 2 is 1.87 bits per heavy atom. The van der Waals surface area contributed by atoms with Gasteiger partial charge in [0.1, 0.15) is 12.7 Å². The minimum Gasteiger partial charge on any atom is -0.493 e. The SMILES string of the molecule is COC(=O)C1CCN(Cc2ccc(OC[C@H](O)CN3CCOCC3)c(OC)c2)CC1. The van der Waals surface area contributed by atoms with Crippen LogP contribution < -0.4 is 9.47 Å². The maximum absolute atomic E-state index is 11.7. The first-order valence-electron chi connectivity index (χ1n) is 10.7. The molecule has 8 nitrogen and oxygen atoms in total. The molecule has 0 aliphatic carbocycles. The van der Waals surface area contributed by atoms with E-state index in [0.717, 1.165) is 51.1 Å². The molecule has 168 valence electrons. The molecule has 2 aliphatic heterocycles. The number of aliphatic hydroxyl groups is 1. The number of β-amino-alcohol motifs (C(OH)–C–C–N with tert-alkyl or cyclic N) is 1. The molecule has 0 saturated carbocycles. The summed E-state index contributed by atoms with van der Waals surface area (Å²) in [5.74, 6) is 1.20. The number of ether oxygens (including phenoxy) is 4.